The quantitative estimate of drug-likeness (QED) is 0.170. The molecule has 1 aromatic carbocycles. The Bertz CT molecular complexity index is 1440. The number of aromatic nitrogens is 2. The molecule has 1 unspecified atom stereocenters. The highest BCUT2D eigenvalue weighted by Gasteiger charge is 2.43. The van der Waals surface area contributed by atoms with Crippen molar-refractivity contribution in [2.24, 2.45) is 0 Å². The van der Waals surface area contributed by atoms with Gasteiger partial charge in [0.1, 0.15) is 23.3 Å². The van der Waals surface area contributed by atoms with Gasteiger partial charge < -0.3 is 13.9 Å². The third kappa shape index (κ3) is 6.09. The molecule has 0 saturated carbocycles. The van der Waals surface area contributed by atoms with Crippen molar-refractivity contribution < 1.29 is 22.7 Å². The van der Waals surface area contributed by atoms with Crippen molar-refractivity contribution in [2.45, 2.75) is 63.9 Å². The van der Waals surface area contributed by atoms with E-state index in [0.29, 0.717) is 29.0 Å². The summed E-state index contributed by atoms with van der Waals surface area (Å²) in [5, 5.41) is 4.86. The van der Waals surface area contributed by atoms with Crippen molar-refractivity contribution in [3.63, 3.8) is 0 Å². The van der Waals surface area contributed by atoms with Crippen LogP contribution in [-0.4, -0.2) is 30.4 Å². The Morgan fingerprint density at radius 3 is 2.78 bits per heavy atom. The van der Waals surface area contributed by atoms with E-state index in [-0.39, 0.29) is 12.4 Å². The van der Waals surface area contributed by atoms with Crippen LogP contribution in [-0.2, 0) is 29.2 Å². The van der Waals surface area contributed by atoms with Crippen LogP contribution in [0.25, 0.3) is 20.5 Å². The Morgan fingerprint density at radius 2 is 2.03 bits per heavy atom. The highest BCUT2D eigenvalue weighted by atomic mass is 32.1. The van der Waals surface area contributed by atoms with E-state index in [2.05, 4.69) is 24.7 Å². The molecule has 3 aromatic heterocycles. The lowest BCUT2D eigenvalue weighted by Crippen LogP contribution is -2.31. The molecule has 1 aliphatic carbocycles. The third-order valence-electron chi connectivity index (χ3n) is 6.39. The molecule has 1 atom stereocenters. The van der Waals surface area contributed by atoms with Crippen LogP contribution >= 0.6 is 11.3 Å². The van der Waals surface area contributed by atoms with Crippen molar-refractivity contribution in [1.82, 2.24) is 9.78 Å². The number of nitrogens with zero attached hydrogens (tertiary/aromatic N) is 2. The van der Waals surface area contributed by atoms with Crippen LogP contribution in [0.2, 0.25) is 25.7 Å². The molecule has 0 N–H and O–H groups in total. The fraction of sp³-hybridized carbons (Fsp3) is 0.407. The van der Waals surface area contributed by atoms with Crippen LogP contribution in [0.3, 0.4) is 0 Å². The van der Waals surface area contributed by atoms with E-state index in [1.165, 1.54) is 11.3 Å². The Balaban J connectivity index is 1.40. The standard InChI is InChI=1S/C27H30F2N2O4SSi/c1-37(2,3)10-9-33-17-31-15-19(14-30-31)23-11-20-21-12-27(28,29)13-22(24(21)35-26(32)25(20)36-23)34-16-18-7-5-4-6-8-18/h4-8,11,14-15,22H,9-10,12-13,16-17H2,1-3H3. The summed E-state index contributed by atoms with van der Waals surface area (Å²) in [6, 6.07) is 12.2. The number of benzene rings is 1. The highest BCUT2D eigenvalue weighted by molar-refractivity contribution is 7.22. The molecular formula is C27H30F2N2O4SSi. The molecule has 4 aromatic rings. The van der Waals surface area contributed by atoms with E-state index in [1.54, 1.807) is 16.9 Å². The average molecular weight is 545 g/mol. The maximum absolute atomic E-state index is 14.8. The van der Waals surface area contributed by atoms with Gasteiger partial charge >= 0.3 is 5.63 Å². The molecule has 0 fully saturated rings. The summed E-state index contributed by atoms with van der Waals surface area (Å²) in [6.45, 7) is 8.06. The van der Waals surface area contributed by atoms with Crippen molar-refractivity contribution in [3.05, 3.63) is 76.1 Å². The number of rotatable bonds is 9. The number of ether oxygens (including phenoxy) is 2. The van der Waals surface area contributed by atoms with Crippen LogP contribution in [0, 0.1) is 0 Å². The van der Waals surface area contributed by atoms with E-state index >= 15 is 0 Å². The van der Waals surface area contributed by atoms with E-state index in [0.717, 1.165) is 22.0 Å². The minimum atomic E-state index is -2.97. The molecule has 3 heterocycles. The van der Waals surface area contributed by atoms with Crippen LogP contribution in [0.5, 0.6) is 0 Å². The first-order chi connectivity index (χ1) is 17.6. The molecule has 37 heavy (non-hydrogen) atoms. The molecule has 0 amide bonds. The van der Waals surface area contributed by atoms with Crippen molar-refractivity contribution in [2.75, 3.05) is 6.61 Å². The topological polar surface area (TPSA) is 66.5 Å². The SMILES string of the molecule is C[Si](C)(C)CCOCn1cc(-c2cc3c4c(oc(=O)c3s2)C(OCc2ccccc2)CC(F)(F)C4)cn1. The summed E-state index contributed by atoms with van der Waals surface area (Å²) in [4.78, 5) is 13.7. The maximum atomic E-state index is 14.8. The minimum Gasteiger partial charge on any atom is -0.424 e. The van der Waals surface area contributed by atoms with Gasteiger partial charge in [0.2, 0.25) is 0 Å². The molecule has 0 spiro atoms. The minimum absolute atomic E-state index is 0.150. The monoisotopic (exact) mass is 544 g/mol. The molecule has 5 rings (SSSR count). The summed E-state index contributed by atoms with van der Waals surface area (Å²) in [6.07, 6.45) is 1.52. The number of hydrogen-bond acceptors (Lipinski definition) is 6. The normalized spacial score (nSPS) is 17.3. The van der Waals surface area contributed by atoms with Gasteiger partial charge in [-0.1, -0.05) is 50.0 Å². The van der Waals surface area contributed by atoms with Crippen molar-refractivity contribution >= 4 is 29.5 Å². The number of fused-ring (bicyclic) bond motifs is 3. The second-order valence-corrected chi connectivity index (χ2v) is 17.4. The van der Waals surface area contributed by atoms with Gasteiger partial charge in [-0.15, -0.1) is 11.3 Å². The van der Waals surface area contributed by atoms with E-state index in [1.807, 2.05) is 36.5 Å². The van der Waals surface area contributed by atoms with Crippen molar-refractivity contribution in [1.29, 1.82) is 0 Å². The second kappa shape index (κ2) is 10.2. The lowest BCUT2D eigenvalue weighted by Gasteiger charge is -2.30. The molecule has 1 aliphatic rings. The predicted octanol–water partition coefficient (Wildman–Crippen LogP) is 6.87. The second-order valence-electron chi connectivity index (χ2n) is 10.7. The van der Waals surface area contributed by atoms with Gasteiger partial charge in [0, 0.05) is 55.1 Å². The van der Waals surface area contributed by atoms with Crippen LogP contribution in [0.1, 0.15) is 29.4 Å². The third-order valence-corrected chi connectivity index (χ3v) is 9.25. The van der Waals surface area contributed by atoms with Gasteiger partial charge in [0.15, 0.2) is 0 Å². The van der Waals surface area contributed by atoms with Gasteiger partial charge in [-0.2, -0.15) is 5.10 Å². The highest BCUT2D eigenvalue weighted by Crippen LogP contribution is 2.45. The molecule has 0 bridgehead atoms. The van der Waals surface area contributed by atoms with Crippen LogP contribution in [0.4, 0.5) is 8.78 Å². The lowest BCUT2D eigenvalue weighted by molar-refractivity contribution is -0.0895. The summed E-state index contributed by atoms with van der Waals surface area (Å²) < 4.78 is 48.9. The first kappa shape index (κ1) is 26.0. The molecule has 0 aliphatic heterocycles. The van der Waals surface area contributed by atoms with Gasteiger partial charge in [0.25, 0.3) is 5.92 Å². The Labute approximate surface area is 218 Å². The Kier molecular flexibility index (Phi) is 7.19. The summed E-state index contributed by atoms with van der Waals surface area (Å²) in [5.41, 5.74) is 1.46. The van der Waals surface area contributed by atoms with E-state index < -0.39 is 38.6 Å². The zero-order valence-corrected chi connectivity index (χ0v) is 22.9. The summed E-state index contributed by atoms with van der Waals surface area (Å²) in [7, 11) is -1.17. The Morgan fingerprint density at radius 1 is 1.24 bits per heavy atom. The lowest BCUT2D eigenvalue weighted by atomic mass is 9.89. The number of alkyl halides is 2. The largest absolute Gasteiger partial charge is 0.424 e. The maximum Gasteiger partial charge on any atom is 0.354 e. The zero-order valence-electron chi connectivity index (χ0n) is 21.1. The number of hydrogen-bond donors (Lipinski definition) is 0. The number of thiophene rings is 1. The van der Waals surface area contributed by atoms with E-state index in [9.17, 15) is 13.6 Å². The smallest absolute Gasteiger partial charge is 0.354 e. The molecule has 0 saturated heterocycles. The van der Waals surface area contributed by atoms with Crippen LogP contribution in [0.15, 0.2) is 58.0 Å². The molecule has 0 radical (unpaired) electrons. The van der Waals surface area contributed by atoms with Gasteiger partial charge in [-0.05, 0) is 17.7 Å². The first-order valence-electron chi connectivity index (χ1n) is 12.3. The Hall–Kier alpha value is -2.66. The van der Waals surface area contributed by atoms with Crippen LogP contribution < -0.4 is 5.63 Å². The summed E-state index contributed by atoms with van der Waals surface area (Å²) >= 11 is 1.23. The summed E-state index contributed by atoms with van der Waals surface area (Å²) in [5.74, 6) is -2.77. The van der Waals surface area contributed by atoms with Gasteiger partial charge in [-0.3, -0.25) is 0 Å². The van der Waals surface area contributed by atoms with Gasteiger partial charge in [-0.25, -0.2) is 18.3 Å². The fourth-order valence-electron chi connectivity index (χ4n) is 4.39. The van der Waals surface area contributed by atoms with Gasteiger partial charge in [0.05, 0.1) is 12.8 Å². The predicted molar refractivity (Wildman–Crippen MR) is 143 cm³/mol. The first-order valence-corrected chi connectivity index (χ1v) is 16.8. The molecule has 6 nitrogen and oxygen atoms in total. The molecular weight excluding hydrogens is 514 g/mol. The molecule has 10 heteroatoms. The fourth-order valence-corrected chi connectivity index (χ4v) is 6.18. The van der Waals surface area contributed by atoms with Crippen molar-refractivity contribution in [3.8, 4) is 10.4 Å². The average Bonchev–Trinajstić information content (AvgIpc) is 3.49. The van der Waals surface area contributed by atoms with E-state index in [4.69, 9.17) is 13.9 Å². The number of halogens is 2. The zero-order chi connectivity index (χ0) is 26.2. The molecule has 196 valence electrons.